The van der Waals surface area contributed by atoms with Crippen LogP contribution in [0.5, 0.6) is 0 Å². The molecule has 0 saturated heterocycles. The Morgan fingerprint density at radius 1 is 1.10 bits per heavy atom. The van der Waals surface area contributed by atoms with Crippen LogP contribution in [0.4, 0.5) is 5.69 Å². The van der Waals surface area contributed by atoms with E-state index in [0.717, 1.165) is 23.2 Å². The molecule has 3 aromatic rings. The molecule has 0 aliphatic heterocycles. The van der Waals surface area contributed by atoms with Crippen molar-refractivity contribution in [1.82, 2.24) is 5.32 Å². The van der Waals surface area contributed by atoms with Crippen LogP contribution in [-0.4, -0.2) is 11.0 Å². The fraction of sp³-hybridized carbons (Fsp3) is 0.0909. The van der Waals surface area contributed by atoms with Crippen molar-refractivity contribution in [1.29, 1.82) is 0 Å². The molecule has 29 heavy (non-hydrogen) atoms. The minimum Gasteiger partial charge on any atom is -0.457 e. The van der Waals surface area contributed by atoms with Crippen LogP contribution in [-0.2, 0) is 11.2 Å². The molecule has 1 amide bonds. The highest BCUT2D eigenvalue weighted by atomic mass is 35.5. The predicted octanol–water partition coefficient (Wildman–Crippen LogP) is 6.34. The molecule has 0 unspecified atom stereocenters. The smallest absolute Gasteiger partial charge is 0.250 e. The molecule has 0 aliphatic rings. The van der Waals surface area contributed by atoms with Gasteiger partial charge in [-0.1, -0.05) is 48.3 Å². The predicted molar refractivity (Wildman–Crippen MR) is 123 cm³/mol. The highest BCUT2D eigenvalue weighted by molar-refractivity contribution is 7.80. The Kier molecular flexibility index (Phi) is 7.09. The molecule has 0 spiro atoms. The van der Waals surface area contributed by atoms with Crippen LogP contribution in [0.3, 0.4) is 0 Å². The highest BCUT2D eigenvalue weighted by Gasteiger charge is 2.07. The van der Waals surface area contributed by atoms with Gasteiger partial charge in [-0.25, -0.2) is 0 Å². The average molecular weight is 445 g/mol. The number of aryl methyl sites for hydroxylation is 1. The topological polar surface area (TPSA) is 54.3 Å². The van der Waals surface area contributed by atoms with E-state index in [2.05, 4.69) is 17.6 Å². The second-order valence-electron chi connectivity index (χ2n) is 6.15. The van der Waals surface area contributed by atoms with Gasteiger partial charge in [0.1, 0.15) is 11.5 Å². The van der Waals surface area contributed by atoms with Gasteiger partial charge in [0.05, 0.1) is 0 Å². The van der Waals surface area contributed by atoms with Crippen LogP contribution < -0.4 is 10.6 Å². The van der Waals surface area contributed by atoms with Gasteiger partial charge in [0.25, 0.3) is 0 Å². The SMILES string of the molecule is CCc1ccccc1NC(=S)NC(=O)/C=C/c1ccc(-c2cc(Cl)cc(Cl)c2)o1. The molecule has 0 fully saturated rings. The van der Waals surface area contributed by atoms with E-state index in [0.29, 0.717) is 21.6 Å². The maximum Gasteiger partial charge on any atom is 0.250 e. The number of hydrogen-bond acceptors (Lipinski definition) is 3. The van der Waals surface area contributed by atoms with E-state index in [9.17, 15) is 4.79 Å². The molecule has 1 aromatic heterocycles. The first kappa shape index (κ1) is 21.1. The van der Waals surface area contributed by atoms with Crippen molar-refractivity contribution >= 4 is 58.2 Å². The summed E-state index contributed by atoms with van der Waals surface area (Å²) in [5.41, 5.74) is 2.75. The van der Waals surface area contributed by atoms with Gasteiger partial charge in [0.2, 0.25) is 5.91 Å². The van der Waals surface area contributed by atoms with Crippen LogP contribution in [0.25, 0.3) is 17.4 Å². The van der Waals surface area contributed by atoms with E-state index in [1.165, 1.54) is 6.08 Å². The van der Waals surface area contributed by atoms with Crippen molar-refractivity contribution in [3.05, 3.63) is 82.0 Å². The molecule has 4 nitrogen and oxygen atoms in total. The number of hydrogen-bond donors (Lipinski definition) is 2. The normalized spacial score (nSPS) is 10.9. The molecule has 0 aliphatic carbocycles. The van der Waals surface area contributed by atoms with E-state index in [-0.39, 0.29) is 11.0 Å². The summed E-state index contributed by atoms with van der Waals surface area (Å²) in [6.07, 6.45) is 3.78. The number of benzene rings is 2. The van der Waals surface area contributed by atoms with E-state index in [4.69, 9.17) is 39.8 Å². The van der Waals surface area contributed by atoms with Gasteiger partial charge in [-0.05, 0) is 66.7 Å². The molecule has 2 N–H and O–H groups in total. The van der Waals surface area contributed by atoms with E-state index in [1.807, 2.05) is 24.3 Å². The van der Waals surface area contributed by atoms with Crippen LogP contribution in [0.2, 0.25) is 10.0 Å². The number of rotatable bonds is 5. The molecule has 0 bridgehead atoms. The molecule has 3 rings (SSSR count). The third kappa shape index (κ3) is 5.94. The summed E-state index contributed by atoms with van der Waals surface area (Å²) in [5, 5.41) is 6.94. The summed E-state index contributed by atoms with van der Waals surface area (Å²) >= 11 is 17.3. The Morgan fingerprint density at radius 2 is 1.83 bits per heavy atom. The lowest BCUT2D eigenvalue weighted by Crippen LogP contribution is -2.33. The standard InChI is InChI=1S/C22H18Cl2N2O2S/c1-2-14-5-3-4-6-19(14)25-22(29)26-21(27)10-8-18-7-9-20(28-18)15-11-16(23)13-17(24)12-15/h3-13H,2H2,1H3,(H2,25,26,27,29)/b10-8+. The first-order valence-corrected chi connectivity index (χ1v) is 10.1. The van der Waals surface area contributed by atoms with Gasteiger partial charge in [-0.2, -0.15) is 0 Å². The minimum absolute atomic E-state index is 0.231. The Balaban J connectivity index is 1.61. The monoisotopic (exact) mass is 444 g/mol. The Morgan fingerprint density at radius 3 is 2.55 bits per heavy atom. The Hall–Kier alpha value is -2.60. The largest absolute Gasteiger partial charge is 0.457 e. The van der Waals surface area contributed by atoms with Gasteiger partial charge < -0.3 is 9.73 Å². The average Bonchev–Trinajstić information content (AvgIpc) is 3.15. The molecule has 148 valence electrons. The van der Waals surface area contributed by atoms with Gasteiger partial charge in [0.15, 0.2) is 5.11 Å². The van der Waals surface area contributed by atoms with Gasteiger partial charge >= 0.3 is 0 Å². The summed E-state index contributed by atoms with van der Waals surface area (Å²) in [6.45, 7) is 2.06. The van der Waals surface area contributed by atoms with Crippen LogP contribution in [0.15, 0.2) is 65.1 Å². The quantitative estimate of drug-likeness (QED) is 0.355. The number of furan rings is 1. The number of para-hydroxylation sites is 1. The number of amides is 1. The summed E-state index contributed by atoms with van der Waals surface area (Å²) in [5.74, 6) is 0.754. The van der Waals surface area contributed by atoms with Crippen LogP contribution in [0.1, 0.15) is 18.2 Å². The molecule has 0 radical (unpaired) electrons. The zero-order valence-electron chi connectivity index (χ0n) is 15.5. The molecule has 7 heteroatoms. The third-order valence-electron chi connectivity index (χ3n) is 4.06. The summed E-state index contributed by atoms with van der Waals surface area (Å²) in [7, 11) is 0. The second-order valence-corrected chi connectivity index (χ2v) is 7.43. The van der Waals surface area contributed by atoms with Gasteiger partial charge in [-0.3, -0.25) is 10.1 Å². The van der Waals surface area contributed by atoms with Crippen molar-refractivity contribution in [2.75, 3.05) is 5.32 Å². The van der Waals surface area contributed by atoms with Crippen molar-refractivity contribution in [2.24, 2.45) is 0 Å². The zero-order valence-corrected chi connectivity index (χ0v) is 17.9. The molecule has 1 heterocycles. The fourth-order valence-electron chi connectivity index (χ4n) is 2.71. The third-order valence-corrected chi connectivity index (χ3v) is 4.70. The first-order valence-electron chi connectivity index (χ1n) is 8.89. The van der Waals surface area contributed by atoms with Crippen molar-refractivity contribution in [2.45, 2.75) is 13.3 Å². The number of halogens is 2. The summed E-state index contributed by atoms with van der Waals surface area (Å²) in [4.78, 5) is 12.1. The highest BCUT2D eigenvalue weighted by Crippen LogP contribution is 2.28. The van der Waals surface area contributed by atoms with Crippen LogP contribution in [0, 0.1) is 0 Å². The number of thiocarbonyl (C=S) groups is 1. The summed E-state index contributed by atoms with van der Waals surface area (Å²) in [6, 6.07) is 16.5. The number of carbonyl (C=O) groups is 1. The first-order chi connectivity index (χ1) is 13.9. The van der Waals surface area contributed by atoms with Crippen molar-refractivity contribution < 1.29 is 9.21 Å². The Labute approximate surface area is 184 Å². The van der Waals surface area contributed by atoms with E-state index >= 15 is 0 Å². The van der Waals surface area contributed by atoms with Gasteiger partial charge in [-0.15, -0.1) is 0 Å². The van der Waals surface area contributed by atoms with Gasteiger partial charge in [0, 0.05) is 27.4 Å². The van der Waals surface area contributed by atoms with Crippen LogP contribution >= 0.6 is 35.4 Å². The molecule has 0 saturated carbocycles. The number of carbonyl (C=O) groups excluding carboxylic acids is 1. The second kappa shape index (κ2) is 9.74. The summed E-state index contributed by atoms with van der Waals surface area (Å²) < 4.78 is 5.73. The van der Waals surface area contributed by atoms with Crippen molar-refractivity contribution in [3.8, 4) is 11.3 Å². The lowest BCUT2D eigenvalue weighted by molar-refractivity contribution is -0.115. The lowest BCUT2D eigenvalue weighted by atomic mass is 10.1. The molecule has 2 aromatic carbocycles. The maximum atomic E-state index is 12.1. The number of nitrogens with one attached hydrogen (secondary N) is 2. The maximum absolute atomic E-state index is 12.1. The van der Waals surface area contributed by atoms with E-state index < -0.39 is 0 Å². The Bertz CT molecular complexity index is 1060. The lowest BCUT2D eigenvalue weighted by Gasteiger charge is -2.11. The van der Waals surface area contributed by atoms with Crippen molar-refractivity contribution in [3.63, 3.8) is 0 Å². The zero-order chi connectivity index (χ0) is 20.8. The number of anilines is 1. The molecule has 0 atom stereocenters. The molecular weight excluding hydrogens is 427 g/mol. The fourth-order valence-corrected chi connectivity index (χ4v) is 3.45. The minimum atomic E-state index is -0.361. The molecular formula is C22H18Cl2N2O2S. The van der Waals surface area contributed by atoms with E-state index in [1.54, 1.807) is 36.4 Å².